The molecule has 1 amide bonds. The summed E-state index contributed by atoms with van der Waals surface area (Å²) < 4.78 is 51.4. The Hall–Kier alpha value is -3.92. The van der Waals surface area contributed by atoms with Crippen LogP contribution in [0.5, 0.6) is 5.75 Å². The van der Waals surface area contributed by atoms with Gasteiger partial charge in [-0.2, -0.15) is 0 Å². The summed E-state index contributed by atoms with van der Waals surface area (Å²) in [6, 6.07) is 13.0. The van der Waals surface area contributed by atoms with Gasteiger partial charge in [0, 0.05) is 24.6 Å². The summed E-state index contributed by atoms with van der Waals surface area (Å²) in [5, 5.41) is 23.8. The number of halogens is 2. The van der Waals surface area contributed by atoms with Crippen LogP contribution >= 0.6 is 15.9 Å². The maximum Gasteiger partial charge on any atom is 0.292 e. The minimum absolute atomic E-state index is 0.0304. The van der Waals surface area contributed by atoms with E-state index in [9.17, 15) is 27.8 Å². The zero-order valence-electron chi connectivity index (χ0n) is 26.3. The number of ether oxygens (including phenoxy) is 2. The zero-order chi connectivity index (χ0) is 34.3. The van der Waals surface area contributed by atoms with Gasteiger partial charge in [0.2, 0.25) is 21.9 Å². The normalized spacial score (nSPS) is 16.1. The van der Waals surface area contributed by atoms with Gasteiger partial charge < -0.3 is 19.7 Å². The molecule has 0 saturated heterocycles. The van der Waals surface area contributed by atoms with Gasteiger partial charge in [-0.25, -0.2) is 32.1 Å². The maximum atomic E-state index is 13.7. The number of hydrogen-bond acceptors (Lipinski definition) is 10. The van der Waals surface area contributed by atoms with Crippen molar-refractivity contribution in [3.63, 3.8) is 0 Å². The smallest absolute Gasteiger partial charge is 0.292 e. The topological polar surface area (TPSA) is 164 Å². The average Bonchev–Trinajstić information content (AvgIpc) is 3.45. The van der Waals surface area contributed by atoms with Crippen molar-refractivity contribution in [2.24, 2.45) is 4.99 Å². The number of aliphatic hydroxyl groups excluding tert-OH is 2. The summed E-state index contributed by atoms with van der Waals surface area (Å²) in [4.78, 5) is 25.7. The van der Waals surface area contributed by atoms with E-state index >= 15 is 0 Å². The highest BCUT2D eigenvalue weighted by Gasteiger charge is 2.25. The van der Waals surface area contributed by atoms with Crippen LogP contribution in [0.2, 0.25) is 0 Å². The quantitative estimate of drug-likeness (QED) is 0.235. The highest BCUT2D eigenvalue weighted by atomic mass is 79.9. The fourth-order valence-electron chi connectivity index (χ4n) is 4.55. The van der Waals surface area contributed by atoms with Gasteiger partial charge in [-0.15, -0.1) is 0 Å². The molecule has 15 heteroatoms. The van der Waals surface area contributed by atoms with Crippen molar-refractivity contribution in [2.75, 3.05) is 30.8 Å². The number of nitrogens with zero attached hydrogens (tertiary/aromatic N) is 4. The molecule has 1 aliphatic heterocycles. The molecule has 2 aromatic carbocycles. The van der Waals surface area contributed by atoms with Crippen molar-refractivity contribution in [2.45, 2.75) is 50.9 Å². The molecule has 3 aromatic rings. The van der Waals surface area contributed by atoms with Gasteiger partial charge in [0.25, 0.3) is 6.02 Å². The van der Waals surface area contributed by atoms with Gasteiger partial charge in [-0.05, 0) is 58.2 Å². The molecular weight excluding hydrogens is 697 g/mol. The van der Waals surface area contributed by atoms with Gasteiger partial charge >= 0.3 is 0 Å². The minimum atomic E-state index is -3.68. The van der Waals surface area contributed by atoms with Crippen LogP contribution < -0.4 is 14.4 Å². The van der Waals surface area contributed by atoms with Crippen LogP contribution in [0, 0.1) is 5.82 Å². The number of aliphatic hydroxyl groups is 2. The lowest BCUT2D eigenvalue weighted by Gasteiger charge is -2.20. The van der Waals surface area contributed by atoms with E-state index in [-0.39, 0.29) is 37.3 Å². The number of amidine groups is 1. The molecule has 47 heavy (non-hydrogen) atoms. The molecule has 0 bridgehead atoms. The van der Waals surface area contributed by atoms with Crippen LogP contribution in [0.3, 0.4) is 0 Å². The van der Waals surface area contributed by atoms with Crippen LogP contribution in [-0.4, -0.2) is 85.3 Å². The Morgan fingerprint density at radius 2 is 1.89 bits per heavy atom. The number of anilines is 1. The van der Waals surface area contributed by atoms with Crippen LogP contribution in [0.4, 0.5) is 10.3 Å². The first-order chi connectivity index (χ1) is 22.2. The highest BCUT2D eigenvalue weighted by Crippen LogP contribution is 2.32. The van der Waals surface area contributed by atoms with E-state index in [1.807, 2.05) is 38.1 Å². The number of nitrogens with one attached hydrogen (secondary N) is 1. The van der Waals surface area contributed by atoms with E-state index in [0.29, 0.717) is 34.8 Å². The lowest BCUT2D eigenvalue weighted by Crippen LogP contribution is -2.35. The Morgan fingerprint density at radius 3 is 2.55 bits per heavy atom. The van der Waals surface area contributed by atoms with Crippen molar-refractivity contribution in [1.82, 2.24) is 15.3 Å². The number of aliphatic imine (C=N–C) groups is 1. The molecule has 4 rings (SSSR count). The first kappa shape index (κ1) is 35.9. The predicted molar refractivity (Wildman–Crippen MR) is 180 cm³/mol. The molecule has 252 valence electrons. The van der Waals surface area contributed by atoms with Crippen molar-refractivity contribution >= 4 is 49.9 Å². The Labute approximate surface area is 281 Å². The van der Waals surface area contributed by atoms with Crippen molar-refractivity contribution in [3.05, 3.63) is 76.2 Å². The Morgan fingerprint density at radius 1 is 1.19 bits per heavy atom. The van der Waals surface area contributed by atoms with E-state index in [2.05, 4.69) is 36.2 Å². The van der Waals surface area contributed by atoms with Gasteiger partial charge in [0.05, 0.1) is 47.3 Å². The molecule has 1 aliphatic rings. The molecule has 3 N–H and O–H groups in total. The second kappa shape index (κ2) is 15.8. The van der Waals surface area contributed by atoms with Crippen LogP contribution in [0.1, 0.15) is 43.9 Å². The van der Waals surface area contributed by atoms with Crippen molar-refractivity contribution in [1.29, 1.82) is 0 Å². The number of para-hydroxylation sites is 1. The average molecular weight is 735 g/mol. The Balaban J connectivity index is 1.40. The second-order valence-corrected chi connectivity index (χ2v) is 14.1. The molecule has 12 nitrogen and oxygen atoms in total. The predicted octanol–water partition coefficient (Wildman–Crippen LogP) is 4.03. The molecule has 1 aromatic heterocycles. The van der Waals surface area contributed by atoms with E-state index in [1.165, 1.54) is 37.4 Å². The fourth-order valence-corrected chi connectivity index (χ4v) is 5.32. The maximum absolute atomic E-state index is 13.7. The first-order valence-electron chi connectivity index (χ1n) is 14.8. The summed E-state index contributed by atoms with van der Waals surface area (Å²) in [6.45, 7) is 4.25. The number of sulfonamides is 1. The lowest BCUT2D eigenvalue weighted by atomic mass is 9.97. The third-order valence-electron chi connectivity index (χ3n) is 7.05. The second-order valence-electron chi connectivity index (χ2n) is 11.3. The summed E-state index contributed by atoms with van der Waals surface area (Å²) in [5.41, 5.74) is 1.81. The van der Waals surface area contributed by atoms with Gasteiger partial charge in [0.15, 0.2) is 6.10 Å². The summed E-state index contributed by atoms with van der Waals surface area (Å²) in [6.07, 6.45) is 0.786. The van der Waals surface area contributed by atoms with Gasteiger partial charge in [0.1, 0.15) is 18.2 Å². The largest absolute Gasteiger partial charge is 0.488 e. The molecule has 0 saturated carbocycles. The molecule has 0 radical (unpaired) electrons. The number of amides is 1. The van der Waals surface area contributed by atoms with Gasteiger partial charge in [-0.1, -0.05) is 38.1 Å². The number of benzene rings is 2. The highest BCUT2D eigenvalue weighted by molar-refractivity contribution is 9.10. The molecule has 0 fully saturated rings. The van der Waals surface area contributed by atoms with Crippen LogP contribution in [0.25, 0.3) is 17.3 Å². The standard InChI is InChI=1S/C32H37BrFN5O7S/c1-19(2)29-25(30(20-9-11-21(34)12-10-20)38-31(37-29)39(3)47(4,43)44)14-13-22(40)15-23(41)16-28(42)36-32-35-17-24(46-32)18-45-27-8-6-5-7-26(27)33/h5-14,19,22-24,40-41H,15-18H2,1-4H3,(H,35,36,42)/t22-,23+,24?/m0/s1. The Bertz CT molecular complexity index is 1740. The minimum Gasteiger partial charge on any atom is -0.488 e. The molecule has 2 heterocycles. The number of hydrogen-bond donors (Lipinski definition) is 3. The van der Waals surface area contributed by atoms with Crippen LogP contribution in [-0.2, 0) is 19.6 Å². The molecule has 0 spiro atoms. The third-order valence-corrected chi connectivity index (χ3v) is 8.86. The van der Waals surface area contributed by atoms with E-state index in [4.69, 9.17) is 9.47 Å². The third kappa shape index (κ3) is 10.0. The summed E-state index contributed by atoms with van der Waals surface area (Å²) in [7, 11) is -2.35. The SMILES string of the molecule is CC(C)c1nc(N(C)S(C)(=O)=O)nc(-c2ccc(F)cc2)c1C=C[C@H](O)C[C@@H](O)CC(=O)NC1=NCC(COc2ccccc2Br)O1. The van der Waals surface area contributed by atoms with Crippen molar-refractivity contribution < 1.29 is 37.3 Å². The summed E-state index contributed by atoms with van der Waals surface area (Å²) in [5.74, 6) is -0.599. The lowest BCUT2D eigenvalue weighted by molar-refractivity contribution is -0.122. The Kier molecular flexibility index (Phi) is 12.1. The van der Waals surface area contributed by atoms with E-state index in [1.54, 1.807) is 6.08 Å². The summed E-state index contributed by atoms with van der Waals surface area (Å²) >= 11 is 3.41. The monoisotopic (exact) mass is 733 g/mol. The number of carbonyl (C=O) groups excluding carboxylic acids is 1. The van der Waals surface area contributed by atoms with Crippen molar-refractivity contribution in [3.8, 4) is 17.0 Å². The molecular formula is C32H37BrFN5O7S. The first-order valence-corrected chi connectivity index (χ1v) is 17.4. The van der Waals surface area contributed by atoms with E-state index < -0.39 is 40.1 Å². The number of aromatic nitrogens is 2. The molecule has 1 unspecified atom stereocenters. The number of carbonyl (C=O) groups is 1. The fraction of sp³-hybridized carbons (Fsp3) is 0.375. The van der Waals surface area contributed by atoms with Gasteiger partial charge in [-0.3, -0.25) is 10.1 Å². The molecule has 3 atom stereocenters. The zero-order valence-corrected chi connectivity index (χ0v) is 28.7. The van der Waals surface area contributed by atoms with Crippen LogP contribution in [0.15, 0.2) is 64.1 Å². The number of rotatable bonds is 13. The molecule has 0 aliphatic carbocycles. The van der Waals surface area contributed by atoms with E-state index in [0.717, 1.165) is 15.0 Å².